The highest BCUT2D eigenvalue weighted by Crippen LogP contribution is 2.18. The minimum Gasteiger partial charge on any atom is -0.427 e. The molecule has 146 valence electrons. The van der Waals surface area contributed by atoms with Crippen LogP contribution in [0.3, 0.4) is 0 Å². The minimum atomic E-state index is -0.429. The van der Waals surface area contributed by atoms with E-state index in [-0.39, 0.29) is 11.8 Å². The summed E-state index contributed by atoms with van der Waals surface area (Å²) in [6.45, 7) is 3.43. The third-order valence-electron chi connectivity index (χ3n) is 4.50. The van der Waals surface area contributed by atoms with E-state index in [1.54, 1.807) is 46.2 Å². The van der Waals surface area contributed by atoms with E-state index in [2.05, 4.69) is 15.9 Å². The summed E-state index contributed by atoms with van der Waals surface area (Å²) in [7, 11) is 0. The van der Waals surface area contributed by atoms with Crippen molar-refractivity contribution >= 4 is 33.7 Å². The molecule has 1 heterocycles. The zero-order valence-corrected chi connectivity index (χ0v) is 17.1. The molecule has 0 spiro atoms. The molecule has 0 aliphatic carbocycles. The quantitative estimate of drug-likeness (QED) is 0.537. The fraction of sp³-hybridized carbons (Fsp3) is 0.286. The highest BCUT2D eigenvalue weighted by Gasteiger charge is 2.23. The van der Waals surface area contributed by atoms with E-state index in [1.165, 1.54) is 6.92 Å². The fourth-order valence-corrected chi connectivity index (χ4v) is 3.40. The van der Waals surface area contributed by atoms with Crippen LogP contribution >= 0.6 is 15.9 Å². The van der Waals surface area contributed by atoms with Gasteiger partial charge in [-0.05, 0) is 48.9 Å². The molecule has 0 bridgehead atoms. The zero-order valence-electron chi connectivity index (χ0n) is 15.6. The second kappa shape index (κ2) is 9.01. The number of halogens is 1. The molecule has 7 heteroatoms. The Kier molecular flexibility index (Phi) is 6.46. The van der Waals surface area contributed by atoms with Crippen molar-refractivity contribution in [2.45, 2.75) is 13.3 Å². The van der Waals surface area contributed by atoms with Crippen LogP contribution < -0.4 is 4.74 Å². The van der Waals surface area contributed by atoms with Crippen LogP contribution in [0.2, 0.25) is 0 Å². The molecule has 3 rings (SSSR count). The third-order valence-corrected chi connectivity index (χ3v) is 5.03. The van der Waals surface area contributed by atoms with E-state index < -0.39 is 5.97 Å². The standard InChI is InChI=1S/C21H21BrN2O4/c1-15(25)28-19-5-2-4-17(14-19)21(27)24-11-3-10-23(12-13-24)20(26)16-6-8-18(22)9-7-16/h2,4-9,14H,3,10-13H2,1H3. The Morgan fingerprint density at radius 1 is 0.857 bits per heavy atom. The maximum atomic E-state index is 12.9. The normalized spacial score (nSPS) is 14.4. The van der Waals surface area contributed by atoms with Gasteiger partial charge in [-0.3, -0.25) is 14.4 Å². The average Bonchev–Trinajstić information content (AvgIpc) is 2.93. The summed E-state index contributed by atoms with van der Waals surface area (Å²) in [5.41, 5.74) is 1.10. The fourth-order valence-electron chi connectivity index (χ4n) is 3.14. The molecule has 2 aromatic rings. The molecule has 1 aliphatic rings. The molecule has 0 aromatic heterocycles. The zero-order chi connectivity index (χ0) is 20.1. The second-order valence-corrected chi connectivity index (χ2v) is 7.48. The molecule has 0 unspecified atom stereocenters. The highest BCUT2D eigenvalue weighted by molar-refractivity contribution is 9.10. The van der Waals surface area contributed by atoms with Crippen LogP contribution in [0.5, 0.6) is 5.75 Å². The molecule has 1 aliphatic heterocycles. The SMILES string of the molecule is CC(=O)Oc1cccc(C(=O)N2CCCN(C(=O)c3ccc(Br)cc3)CC2)c1. The Bertz CT molecular complexity index is 882. The monoisotopic (exact) mass is 444 g/mol. The van der Waals surface area contributed by atoms with Crippen molar-refractivity contribution in [1.82, 2.24) is 9.80 Å². The summed E-state index contributed by atoms with van der Waals surface area (Å²) in [5, 5.41) is 0. The largest absolute Gasteiger partial charge is 0.427 e. The molecular formula is C21H21BrN2O4. The van der Waals surface area contributed by atoms with Crippen molar-refractivity contribution in [2.75, 3.05) is 26.2 Å². The lowest BCUT2D eigenvalue weighted by Gasteiger charge is -2.22. The van der Waals surface area contributed by atoms with Gasteiger partial charge in [-0.25, -0.2) is 0 Å². The number of carbonyl (C=O) groups is 3. The molecular weight excluding hydrogens is 424 g/mol. The first kappa shape index (κ1) is 20.1. The predicted molar refractivity (Wildman–Crippen MR) is 108 cm³/mol. The minimum absolute atomic E-state index is 0.0290. The summed E-state index contributed by atoms with van der Waals surface area (Å²) >= 11 is 3.37. The van der Waals surface area contributed by atoms with E-state index in [0.717, 1.165) is 4.47 Å². The van der Waals surface area contributed by atoms with Gasteiger partial charge in [0.2, 0.25) is 0 Å². The molecule has 1 fully saturated rings. The number of nitrogens with zero attached hydrogens (tertiary/aromatic N) is 2. The van der Waals surface area contributed by atoms with Crippen molar-refractivity contribution < 1.29 is 19.1 Å². The van der Waals surface area contributed by atoms with Gasteiger partial charge >= 0.3 is 5.97 Å². The van der Waals surface area contributed by atoms with Crippen molar-refractivity contribution in [3.05, 3.63) is 64.1 Å². The van der Waals surface area contributed by atoms with Crippen molar-refractivity contribution in [3.63, 3.8) is 0 Å². The summed E-state index contributed by atoms with van der Waals surface area (Å²) in [5.74, 6) is -0.243. The first-order valence-corrected chi connectivity index (χ1v) is 9.86. The van der Waals surface area contributed by atoms with Crippen LogP contribution in [0.1, 0.15) is 34.1 Å². The number of hydrogen-bond acceptors (Lipinski definition) is 4. The lowest BCUT2D eigenvalue weighted by atomic mass is 10.2. The van der Waals surface area contributed by atoms with Gasteiger partial charge in [0.05, 0.1) is 0 Å². The Balaban J connectivity index is 1.66. The number of esters is 1. The molecule has 0 atom stereocenters. The van der Waals surface area contributed by atoms with E-state index in [9.17, 15) is 14.4 Å². The van der Waals surface area contributed by atoms with Gasteiger partial charge in [0.1, 0.15) is 5.75 Å². The van der Waals surface area contributed by atoms with E-state index in [4.69, 9.17) is 4.74 Å². The molecule has 0 radical (unpaired) electrons. The lowest BCUT2D eigenvalue weighted by molar-refractivity contribution is -0.131. The predicted octanol–water partition coefficient (Wildman–Crippen LogP) is 3.36. The van der Waals surface area contributed by atoms with Crippen LogP contribution in [-0.2, 0) is 4.79 Å². The topological polar surface area (TPSA) is 66.9 Å². The second-order valence-electron chi connectivity index (χ2n) is 6.57. The van der Waals surface area contributed by atoms with Gasteiger partial charge in [-0.15, -0.1) is 0 Å². The molecule has 6 nitrogen and oxygen atoms in total. The maximum Gasteiger partial charge on any atom is 0.308 e. The first-order valence-electron chi connectivity index (χ1n) is 9.06. The van der Waals surface area contributed by atoms with Crippen LogP contribution in [0.4, 0.5) is 0 Å². The van der Waals surface area contributed by atoms with Crippen molar-refractivity contribution in [3.8, 4) is 5.75 Å². The number of rotatable bonds is 3. The number of amides is 2. The van der Waals surface area contributed by atoms with E-state index in [0.29, 0.717) is 49.5 Å². The number of benzene rings is 2. The Labute approximate surface area is 172 Å². The Morgan fingerprint density at radius 2 is 1.46 bits per heavy atom. The molecule has 1 saturated heterocycles. The molecule has 2 amide bonds. The van der Waals surface area contributed by atoms with Crippen molar-refractivity contribution in [1.29, 1.82) is 0 Å². The molecule has 0 N–H and O–H groups in total. The van der Waals surface area contributed by atoms with Gasteiger partial charge in [-0.1, -0.05) is 22.0 Å². The molecule has 2 aromatic carbocycles. The lowest BCUT2D eigenvalue weighted by Crippen LogP contribution is -2.37. The number of ether oxygens (including phenoxy) is 1. The first-order chi connectivity index (χ1) is 13.4. The average molecular weight is 445 g/mol. The Hall–Kier alpha value is -2.67. The summed E-state index contributed by atoms with van der Waals surface area (Å²) in [6, 6.07) is 13.9. The van der Waals surface area contributed by atoms with E-state index in [1.807, 2.05) is 12.1 Å². The third kappa shape index (κ3) is 4.98. The smallest absolute Gasteiger partial charge is 0.308 e. The van der Waals surface area contributed by atoms with Crippen LogP contribution in [0.15, 0.2) is 53.0 Å². The maximum absolute atomic E-state index is 12.9. The van der Waals surface area contributed by atoms with Crippen molar-refractivity contribution in [2.24, 2.45) is 0 Å². The van der Waals surface area contributed by atoms with Crippen LogP contribution in [-0.4, -0.2) is 53.8 Å². The van der Waals surface area contributed by atoms with Crippen LogP contribution in [0.25, 0.3) is 0 Å². The number of hydrogen-bond donors (Lipinski definition) is 0. The molecule has 0 saturated carbocycles. The van der Waals surface area contributed by atoms with E-state index >= 15 is 0 Å². The molecule has 28 heavy (non-hydrogen) atoms. The van der Waals surface area contributed by atoms with Gasteiger partial charge in [0, 0.05) is 48.7 Å². The summed E-state index contributed by atoms with van der Waals surface area (Å²) < 4.78 is 5.98. The van der Waals surface area contributed by atoms with Gasteiger partial charge in [0.25, 0.3) is 11.8 Å². The highest BCUT2D eigenvalue weighted by atomic mass is 79.9. The summed E-state index contributed by atoms with van der Waals surface area (Å²) in [4.78, 5) is 40.2. The number of carbonyl (C=O) groups excluding carboxylic acids is 3. The van der Waals surface area contributed by atoms with Crippen LogP contribution in [0, 0.1) is 0 Å². The van der Waals surface area contributed by atoms with Gasteiger partial charge < -0.3 is 14.5 Å². The Morgan fingerprint density at radius 3 is 2.07 bits per heavy atom. The van der Waals surface area contributed by atoms with Gasteiger partial charge in [0.15, 0.2) is 0 Å². The summed E-state index contributed by atoms with van der Waals surface area (Å²) in [6.07, 6.45) is 0.706. The van der Waals surface area contributed by atoms with Gasteiger partial charge in [-0.2, -0.15) is 0 Å².